The lowest BCUT2D eigenvalue weighted by Crippen LogP contribution is -2.36. The predicted molar refractivity (Wildman–Crippen MR) is 56.7 cm³/mol. The van der Waals surface area contributed by atoms with E-state index in [0.717, 1.165) is 25.2 Å². The van der Waals surface area contributed by atoms with Crippen LogP contribution in [0.4, 0.5) is 0 Å². The van der Waals surface area contributed by atoms with Crippen LogP contribution < -0.4 is 10.6 Å². The summed E-state index contributed by atoms with van der Waals surface area (Å²) in [4.78, 5) is 11.8. The largest absolute Gasteiger partial charge is 0.348 e. The molecule has 5 nitrogen and oxygen atoms in total. The number of rotatable bonds is 2. The van der Waals surface area contributed by atoms with Crippen LogP contribution in [-0.2, 0) is 7.05 Å². The van der Waals surface area contributed by atoms with Crippen LogP contribution in [0.5, 0.6) is 0 Å². The van der Waals surface area contributed by atoms with Crippen LogP contribution >= 0.6 is 0 Å². The van der Waals surface area contributed by atoms with Crippen molar-refractivity contribution >= 4 is 5.91 Å². The fourth-order valence-electron chi connectivity index (χ4n) is 1.86. The molecule has 0 unspecified atom stereocenters. The first kappa shape index (κ1) is 10.2. The molecule has 1 atom stereocenters. The SMILES string of the molecule is Cc1nn(C)cc1C(=O)N[C@@H]1CCNC1. The minimum atomic E-state index is -0.0192. The number of aromatic nitrogens is 2. The number of hydrogen-bond donors (Lipinski definition) is 2. The van der Waals surface area contributed by atoms with Gasteiger partial charge in [0.2, 0.25) is 0 Å². The van der Waals surface area contributed by atoms with Gasteiger partial charge >= 0.3 is 0 Å². The Morgan fingerprint density at radius 2 is 2.53 bits per heavy atom. The standard InChI is InChI=1S/C10H16N4O/c1-7-9(6-14(2)13-7)10(15)12-8-3-4-11-5-8/h6,8,11H,3-5H2,1-2H3,(H,12,15)/t8-/m1/s1. The van der Waals surface area contributed by atoms with Crippen molar-refractivity contribution in [3.8, 4) is 0 Å². The lowest BCUT2D eigenvalue weighted by molar-refractivity contribution is 0.0939. The molecule has 2 rings (SSSR count). The highest BCUT2D eigenvalue weighted by Gasteiger charge is 2.19. The van der Waals surface area contributed by atoms with Crippen molar-refractivity contribution in [1.82, 2.24) is 20.4 Å². The Morgan fingerprint density at radius 3 is 3.07 bits per heavy atom. The average molecular weight is 208 g/mol. The summed E-state index contributed by atoms with van der Waals surface area (Å²) >= 11 is 0. The Bertz CT molecular complexity index is 365. The molecule has 0 aromatic carbocycles. The molecule has 0 aliphatic carbocycles. The minimum Gasteiger partial charge on any atom is -0.348 e. The van der Waals surface area contributed by atoms with Gasteiger partial charge in [-0.15, -0.1) is 0 Å². The lowest BCUT2D eigenvalue weighted by Gasteiger charge is -2.10. The number of carbonyl (C=O) groups excluding carboxylic acids is 1. The van der Waals surface area contributed by atoms with E-state index in [9.17, 15) is 4.79 Å². The fraction of sp³-hybridized carbons (Fsp3) is 0.600. The van der Waals surface area contributed by atoms with Gasteiger partial charge in [-0.05, 0) is 19.9 Å². The second-order valence-corrected chi connectivity index (χ2v) is 3.97. The molecule has 1 saturated heterocycles. The van der Waals surface area contributed by atoms with Crippen LogP contribution in [0.2, 0.25) is 0 Å². The Kier molecular flexibility index (Phi) is 2.73. The summed E-state index contributed by atoms with van der Waals surface area (Å²) in [5, 5.41) is 10.4. The van der Waals surface area contributed by atoms with Crippen molar-refractivity contribution in [3.05, 3.63) is 17.5 Å². The normalized spacial score (nSPS) is 20.5. The fourth-order valence-corrected chi connectivity index (χ4v) is 1.86. The maximum atomic E-state index is 11.8. The van der Waals surface area contributed by atoms with Gasteiger partial charge in [0.1, 0.15) is 0 Å². The first-order chi connectivity index (χ1) is 7.16. The van der Waals surface area contributed by atoms with Gasteiger partial charge < -0.3 is 10.6 Å². The van der Waals surface area contributed by atoms with Crippen molar-refractivity contribution in [2.45, 2.75) is 19.4 Å². The molecule has 5 heteroatoms. The van der Waals surface area contributed by atoms with Gasteiger partial charge in [-0.25, -0.2) is 0 Å². The van der Waals surface area contributed by atoms with Gasteiger partial charge in [0.25, 0.3) is 5.91 Å². The van der Waals surface area contributed by atoms with E-state index in [-0.39, 0.29) is 11.9 Å². The van der Waals surface area contributed by atoms with E-state index in [1.165, 1.54) is 0 Å². The zero-order chi connectivity index (χ0) is 10.8. The Morgan fingerprint density at radius 1 is 1.73 bits per heavy atom. The van der Waals surface area contributed by atoms with Crippen LogP contribution in [0.15, 0.2) is 6.20 Å². The van der Waals surface area contributed by atoms with Crippen molar-refractivity contribution in [2.75, 3.05) is 13.1 Å². The molecule has 1 aliphatic heterocycles. The van der Waals surface area contributed by atoms with E-state index in [4.69, 9.17) is 0 Å². The third-order valence-electron chi connectivity index (χ3n) is 2.65. The smallest absolute Gasteiger partial charge is 0.255 e. The Hall–Kier alpha value is -1.36. The minimum absolute atomic E-state index is 0.0192. The Labute approximate surface area is 88.8 Å². The Balaban J connectivity index is 2.03. The maximum absolute atomic E-state index is 11.8. The molecule has 1 amide bonds. The van der Waals surface area contributed by atoms with Gasteiger partial charge in [-0.2, -0.15) is 5.10 Å². The highest BCUT2D eigenvalue weighted by atomic mass is 16.1. The summed E-state index contributed by atoms with van der Waals surface area (Å²) in [6, 6.07) is 0.261. The van der Waals surface area contributed by atoms with Crippen molar-refractivity contribution in [1.29, 1.82) is 0 Å². The number of carbonyl (C=O) groups is 1. The summed E-state index contributed by atoms with van der Waals surface area (Å²) in [6.07, 6.45) is 2.76. The number of hydrogen-bond acceptors (Lipinski definition) is 3. The quantitative estimate of drug-likeness (QED) is 0.709. The van der Waals surface area contributed by atoms with Gasteiger partial charge in [0.15, 0.2) is 0 Å². The topological polar surface area (TPSA) is 59.0 Å². The van der Waals surface area contributed by atoms with Gasteiger partial charge in [-0.1, -0.05) is 0 Å². The third-order valence-corrected chi connectivity index (χ3v) is 2.65. The molecule has 0 spiro atoms. The number of amides is 1. The van der Waals surface area contributed by atoms with E-state index in [2.05, 4.69) is 15.7 Å². The summed E-state index contributed by atoms with van der Waals surface area (Å²) < 4.78 is 1.66. The highest BCUT2D eigenvalue weighted by molar-refractivity contribution is 5.95. The summed E-state index contributed by atoms with van der Waals surface area (Å²) in [5.41, 5.74) is 1.45. The van der Waals surface area contributed by atoms with E-state index >= 15 is 0 Å². The van der Waals surface area contributed by atoms with Crippen LogP contribution in [0.25, 0.3) is 0 Å². The average Bonchev–Trinajstić information content (AvgIpc) is 2.75. The van der Waals surface area contributed by atoms with Crippen LogP contribution in [0.1, 0.15) is 22.5 Å². The molecule has 0 radical (unpaired) electrons. The molecule has 1 aromatic rings. The molecule has 1 aliphatic rings. The lowest BCUT2D eigenvalue weighted by atomic mass is 10.2. The second kappa shape index (κ2) is 4.02. The zero-order valence-corrected chi connectivity index (χ0v) is 9.08. The molecule has 0 bridgehead atoms. The number of nitrogens with zero attached hydrogens (tertiary/aromatic N) is 2. The van der Waals surface area contributed by atoms with Crippen molar-refractivity contribution in [2.24, 2.45) is 7.05 Å². The van der Waals surface area contributed by atoms with E-state index < -0.39 is 0 Å². The maximum Gasteiger partial charge on any atom is 0.255 e. The van der Waals surface area contributed by atoms with E-state index in [0.29, 0.717) is 5.56 Å². The van der Waals surface area contributed by atoms with Gasteiger partial charge in [0, 0.05) is 25.8 Å². The number of aryl methyl sites for hydroxylation is 2. The molecule has 82 valence electrons. The third kappa shape index (κ3) is 2.18. The number of nitrogens with one attached hydrogen (secondary N) is 2. The molecule has 2 heterocycles. The van der Waals surface area contributed by atoms with Crippen LogP contribution in [0, 0.1) is 6.92 Å². The molecule has 0 saturated carbocycles. The predicted octanol–water partition coefficient (Wildman–Crippen LogP) is -0.180. The summed E-state index contributed by atoms with van der Waals surface area (Å²) in [6.45, 7) is 3.70. The molecular weight excluding hydrogens is 192 g/mol. The van der Waals surface area contributed by atoms with Gasteiger partial charge in [-0.3, -0.25) is 9.48 Å². The van der Waals surface area contributed by atoms with E-state index in [1.54, 1.807) is 10.9 Å². The first-order valence-corrected chi connectivity index (χ1v) is 5.18. The highest BCUT2D eigenvalue weighted by Crippen LogP contribution is 2.06. The second-order valence-electron chi connectivity index (χ2n) is 3.97. The van der Waals surface area contributed by atoms with Crippen molar-refractivity contribution < 1.29 is 4.79 Å². The monoisotopic (exact) mass is 208 g/mol. The molecule has 15 heavy (non-hydrogen) atoms. The molecule has 2 N–H and O–H groups in total. The van der Waals surface area contributed by atoms with Crippen LogP contribution in [0.3, 0.4) is 0 Å². The molecule has 1 aromatic heterocycles. The van der Waals surface area contributed by atoms with E-state index in [1.807, 2.05) is 14.0 Å². The molecular formula is C10H16N4O. The summed E-state index contributed by atoms with van der Waals surface area (Å²) in [7, 11) is 1.82. The van der Waals surface area contributed by atoms with Crippen LogP contribution in [-0.4, -0.2) is 34.8 Å². The summed E-state index contributed by atoms with van der Waals surface area (Å²) in [5.74, 6) is -0.0192. The van der Waals surface area contributed by atoms with Crippen molar-refractivity contribution in [3.63, 3.8) is 0 Å². The van der Waals surface area contributed by atoms with Gasteiger partial charge in [0.05, 0.1) is 11.3 Å². The molecule has 1 fully saturated rings. The zero-order valence-electron chi connectivity index (χ0n) is 9.08. The first-order valence-electron chi connectivity index (χ1n) is 5.18.